The summed E-state index contributed by atoms with van der Waals surface area (Å²) in [7, 11) is 0. The van der Waals surface area contributed by atoms with Crippen LogP contribution in [0.1, 0.15) is 19.3 Å². The Morgan fingerprint density at radius 1 is 1.23 bits per heavy atom. The van der Waals surface area contributed by atoms with Crippen LogP contribution < -0.4 is 5.32 Å². The van der Waals surface area contributed by atoms with Gasteiger partial charge in [-0.05, 0) is 25.8 Å². The lowest BCUT2D eigenvalue weighted by atomic mass is 10.3. The van der Waals surface area contributed by atoms with Crippen molar-refractivity contribution in [3.05, 3.63) is 12.7 Å². The van der Waals surface area contributed by atoms with Crippen LogP contribution in [-0.4, -0.2) is 38.0 Å². The van der Waals surface area contributed by atoms with E-state index >= 15 is 0 Å². The number of aliphatic hydroxyl groups excluding tert-OH is 1. The van der Waals surface area contributed by atoms with Gasteiger partial charge in [0.2, 0.25) is 0 Å². The summed E-state index contributed by atoms with van der Waals surface area (Å²) in [6, 6.07) is 0. The van der Waals surface area contributed by atoms with Crippen molar-refractivity contribution in [3.63, 3.8) is 0 Å². The fourth-order valence-electron chi connectivity index (χ4n) is 0.900. The van der Waals surface area contributed by atoms with Crippen molar-refractivity contribution in [3.8, 4) is 0 Å². The number of unbranched alkanes of at least 4 members (excludes halogenated alkanes) is 1. The number of hydrogen-bond donors (Lipinski definition) is 2. The third-order valence-electron chi connectivity index (χ3n) is 1.65. The van der Waals surface area contributed by atoms with Crippen LogP contribution in [0.4, 0.5) is 0 Å². The molecule has 0 rings (SSSR count). The van der Waals surface area contributed by atoms with Gasteiger partial charge in [0.1, 0.15) is 0 Å². The second-order valence-corrected chi connectivity index (χ2v) is 2.87. The largest absolute Gasteiger partial charge is 0.396 e. The molecule has 0 aromatic carbocycles. The van der Waals surface area contributed by atoms with Crippen molar-refractivity contribution in [1.29, 1.82) is 0 Å². The summed E-state index contributed by atoms with van der Waals surface area (Å²) in [5, 5.41) is 11.7. The Morgan fingerprint density at radius 2 is 2.08 bits per heavy atom. The van der Waals surface area contributed by atoms with Gasteiger partial charge >= 0.3 is 0 Å². The Kier molecular flexibility index (Phi) is 11.3. The van der Waals surface area contributed by atoms with E-state index in [1.807, 2.05) is 6.08 Å². The molecular weight excluding hydrogens is 166 g/mol. The summed E-state index contributed by atoms with van der Waals surface area (Å²) < 4.78 is 5.30. The Balaban J connectivity index is 2.79. The zero-order chi connectivity index (χ0) is 9.78. The van der Waals surface area contributed by atoms with E-state index < -0.39 is 0 Å². The minimum atomic E-state index is 0.289. The topological polar surface area (TPSA) is 41.5 Å². The number of nitrogens with one attached hydrogen (secondary N) is 1. The quantitative estimate of drug-likeness (QED) is 0.395. The van der Waals surface area contributed by atoms with E-state index in [-0.39, 0.29) is 6.61 Å². The highest BCUT2D eigenvalue weighted by atomic mass is 16.5. The van der Waals surface area contributed by atoms with E-state index in [1.165, 1.54) is 0 Å². The Labute approximate surface area is 80.8 Å². The maximum Gasteiger partial charge on any atom is 0.0591 e. The summed E-state index contributed by atoms with van der Waals surface area (Å²) in [5.41, 5.74) is 0. The zero-order valence-corrected chi connectivity index (χ0v) is 8.30. The average molecular weight is 187 g/mol. The Bertz CT molecular complexity index is 107. The number of hydrogen-bond acceptors (Lipinski definition) is 3. The van der Waals surface area contributed by atoms with Crippen LogP contribution in [0.25, 0.3) is 0 Å². The van der Waals surface area contributed by atoms with E-state index in [9.17, 15) is 0 Å². The molecule has 0 bridgehead atoms. The number of rotatable bonds is 10. The second-order valence-electron chi connectivity index (χ2n) is 2.87. The van der Waals surface area contributed by atoms with Gasteiger partial charge in [0.25, 0.3) is 0 Å². The van der Waals surface area contributed by atoms with Gasteiger partial charge in [-0.1, -0.05) is 6.08 Å². The van der Waals surface area contributed by atoms with Crippen molar-refractivity contribution in [2.75, 3.05) is 32.9 Å². The van der Waals surface area contributed by atoms with E-state index in [1.54, 1.807) is 0 Å². The third kappa shape index (κ3) is 11.6. The van der Waals surface area contributed by atoms with Crippen LogP contribution in [-0.2, 0) is 4.74 Å². The SMILES string of the molecule is C=CCCOCCNCCCCO. The summed E-state index contributed by atoms with van der Waals surface area (Å²) in [4.78, 5) is 0. The highest BCUT2D eigenvalue weighted by Crippen LogP contribution is 1.84. The van der Waals surface area contributed by atoms with Crippen molar-refractivity contribution in [1.82, 2.24) is 5.32 Å². The molecule has 13 heavy (non-hydrogen) atoms. The van der Waals surface area contributed by atoms with Gasteiger partial charge in [-0.15, -0.1) is 6.58 Å². The lowest BCUT2D eigenvalue weighted by Gasteiger charge is -2.04. The molecule has 3 nitrogen and oxygen atoms in total. The molecule has 0 saturated carbocycles. The molecule has 0 amide bonds. The molecule has 0 aromatic heterocycles. The van der Waals surface area contributed by atoms with Crippen LogP contribution in [0, 0.1) is 0 Å². The van der Waals surface area contributed by atoms with Gasteiger partial charge in [0.15, 0.2) is 0 Å². The highest BCUT2D eigenvalue weighted by molar-refractivity contribution is 4.64. The molecule has 0 saturated heterocycles. The fraction of sp³-hybridized carbons (Fsp3) is 0.800. The minimum Gasteiger partial charge on any atom is -0.396 e. The third-order valence-corrected chi connectivity index (χ3v) is 1.65. The first-order valence-electron chi connectivity index (χ1n) is 4.92. The Morgan fingerprint density at radius 3 is 2.77 bits per heavy atom. The van der Waals surface area contributed by atoms with E-state index in [2.05, 4.69) is 11.9 Å². The van der Waals surface area contributed by atoms with Gasteiger partial charge in [-0.25, -0.2) is 0 Å². The molecule has 0 radical (unpaired) electrons. The maximum absolute atomic E-state index is 8.50. The van der Waals surface area contributed by atoms with Crippen LogP contribution in [0.3, 0.4) is 0 Å². The van der Waals surface area contributed by atoms with Gasteiger partial charge < -0.3 is 15.2 Å². The molecule has 0 aliphatic rings. The molecule has 0 aliphatic carbocycles. The lowest BCUT2D eigenvalue weighted by Crippen LogP contribution is -2.21. The maximum atomic E-state index is 8.50. The summed E-state index contributed by atoms with van der Waals surface area (Å²) >= 11 is 0. The second kappa shape index (κ2) is 11.6. The van der Waals surface area contributed by atoms with Crippen LogP contribution in [0.2, 0.25) is 0 Å². The Hall–Kier alpha value is -0.380. The predicted octanol–water partition coefficient (Wildman–Crippen LogP) is 0.941. The molecule has 3 heteroatoms. The van der Waals surface area contributed by atoms with Crippen LogP contribution in [0.15, 0.2) is 12.7 Å². The zero-order valence-electron chi connectivity index (χ0n) is 8.30. The first-order valence-corrected chi connectivity index (χ1v) is 4.92. The minimum absolute atomic E-state index is 0.289. The smallest absolute Gasteiger partial charge is 0.0591 e. The van der Waals surface area contributed by atoms with Crippen molar-refractivity contribution in [2.24, 2.45) is 0 Å². The monoisotopic (exact) mass is 187 g/mol. The molecule has 0 unspecified atom stereocenters. The molecule has 0 spiro atoms. The molecular formula is C10H21NO2. The average Bonchev–Trinajstić information content (AvgIpc) is 2.16. The van der Waals surface area contributed by atoms with E-state index in [4.69, 9.17) is 9.84 Å². The van der Waals surface area contributed by atoms with Gasteiger partial charge in [0.05, 0.1) is 13.2 Å². The van der Waals surface area contributed by atoms with E-state index in [0.717, 1.165) is 45.6 Å². The lowest BCUT2D eigenvalue weighted by molar-refractivity contribution is 0.140. The molecule has 0 fully saturated rings. The molecule has 0 aromatic rings. The summed E-state index contributed by atoms with van der Waals surface area (Å²) in [5.74, 6) is 0. The summed E-state index contributed by atoms with van der Waals surface area (Å²) in [6.45, 7) is 7.28. The van der Waals surface area contributed by atoms with Crippen LogP contribution >= 0.6 is 0 Å². The van der Waals surface area contributed by atoms with E-state index in [0.29, 0.717) is 0 Å². The predicted molar refractivity (Wildman–Crippen MR) is 54.8 cm³/mol. The first kappa shape index (κ1) is 12.6. The highest BCUT2D eigenvalue weighted by Gasteiger charge is 1.88. The van der Waals surface area contributed by atoms with Crippen molar-refractivity contribution >= 4 is 0 Å². The summed E-state index contributed by atoms with van der Waals surface area (Å²) in [6.07, 6.45) is 4.69. The molecule has 0 atom stereocenters. The molecule has 2 N–H and O–H groups in total. The van der Waals surface area contributed by atoms with Crippen LogP contribution in [0.5, 0.6) is 0 Å². The van der Waals surface area contributed by atoms with Gasteiger partial charge in [0, 0.05) is 13.2 Å². The molecule has 0 aliphatic heterocycles. The van der Waals surface area contributed by atoms with Gasteiger partial charge in [-0.3, -0.25) is 0 Å². The number of aliphatic hydroxyl groups is 1. The molecule has 78 valence electrons. The number of ether oxygens (including phenoxy) is 1. The van der Waals surface area contributed by atoms with Crippen molar-refractivity contribution in [2.45, 2.75) is 19.3 Å². The standard InChI is InChI=1S/C10H21NO2/c1-2-3-9-13-10-7-11-6-4-5-8-12/h2,11-12H,1,3-10H2. The normalized spacial score (nSPS) is 10.2. The van der Waals surface area contributed by atoms with Gasteiger partial charge in [-0.2, -0.15) is 0 Å². The van der Waals surface area contributed by atoms with Crippen molar-refractivity contribution < 1.29 is 9.84 Å². The fourth-order valence-corrected chi connectivity index (χ4v) is 0.900. The molecule has 0 heterocycles. The first-order chi connectivity index (χ1) is 6.41.